The average molecular weight is 417 g/mol. The van der Waals surface area contributed by atoms with E-state index in [-0.39, 0.29) is 23.7 Å². The molecule has 0 aliphatic carbocycles. The number of anilines is 1. The zero-order chi connectivity index (χ0) is 19.0. The lowest BCUT2D eigenvalue weighted by Crippen LogP contribution is -2.42. The Morgan fingerprint density at radius 3 is 2.82 bits per heavy atom. The molecule has 28 heavy (non-hydrogen) atoms. The maximum absolute atomic E-state index is 12.4. The van der Waals surface area contributed by atoms with E-state index >= 15 is 0 Å². The number of hydrogen-bond acceptors (Lipinski definition) is 2. The van der Waals surface area contributed by atoms with Crippen molar-refractivity contribution in [2.24, 2.45) is 0 Å². The Kier molecular flexibility index (Phi) is 6.18. The molecule has 5 heteroatoms. The molecule has 3 nitrogen and oxygen atoms in total. The van der Waals surface area contributed by atoms with Gasteiger partial charge in [-0.2, -0.15) is 0 Å². The van der Waals surface area contributed by atoms with Crippen molar-refractivity contribution in [2.75, 3.05) is 18.4 Å². The van der Waals surface area contributed by atoms with Crippen molar-refractivity contribution in [3.63, 3.8) is 0 Å². The fourth-order valence-electron chi connectivity index (χ4n) is 4.45. The molecule has 0 saturated carbocycles. The van der Waals surface area contributed by atoms with Crippen molar-refractivity contribution in [3.8, 4) is 0 Å². The molecular formula is C23H26Cl2N2O. The Balaban J connectivity index is 0.00000225. The number of fused-ring (bicyclic) bond motifs is 3. The number of benzene rings is 2. The molecule has 2 aromatic carbocycles. The molecule has 148 valence electrons. The summed E-state index contributed by atoms with van der Waals surface area (Å²) in [5, 5.41) is 3.64. The van der Waals surface area contributed by atoms with Crippen LogP contribution in [0.4, 0.5) is 5.69 Å². The first-order valence-electron chi connectivity index (χ1n) is 9.56. The Morgan fingerprint density at radius 2 is 2.04 bits per heavy atom. The Labute approximate surface area is 178 Å². The third kappa shape index (κ3) is 4.12. The van der Waals surface area contributed by atoms with Crippen molar-refractivity contribution in [1.82, 2.24) is 4.90 Å². The van der Waals surface area contributed by atoms with Crippen LogP contribution in [0.1, 0.15) is 49.4 Å². The fraction of sp³-hybridized carbons (Fsp3) is 0.348. The molecule has 2 heterocycles. The predicted molar refractivity (Wildman–Crippen MR) is 119 cm³/mol. The normalized spacial score (nSPS) is 20.3. The van der Waals surface area contributed by atoms with E-state index in [1.165, 1.54) is 36.6 Å². The predicted octanol–water partition coefficient (Wildman–Crippen LogP) is 5.84. The van der Waals surface area contributed by atoms with Crippen LogP contribution >= 0.6 is 24.0 Å². The first-order chi connectivity index (χ1) is 12.9. The lowest BCUT2D eigenvalue weighted by Gasteiger charge is -2.42. The van der Waals surface area contributed by atoms with Gasteiger partial charge < -0.3 is 5.32 Å². The number of amides is 1. The van der Waals surface area contributed by atoms with Gasteiger partial charge in [-0.15, -0.1) is 12.4 Å². The molecular weight excluding hydrogens is 391 g/mol. The molecule has 1 fully saturated rings. The highest BCUT2D eigenvalue weighted by molar-refractivity contribution is 6.32. The van der Waals surface area contributed by atoms with Crippen molar-refractivity contribution in [3.05, 3.63) is 70.3 Å². The number of nitrogens with one attached hydrogen (secondary N) is 1. The first-order valence-corrected chi connectivity index (χ1v) is 9.94. The molecule has 2 aliphatic rings. The molecule has 1 unspecified atom stereocenters. The molecule has 1 atom stereocenters. The third-order valence-electron chi connectivity index (χ3n) is 5.69. The molecule has 1 saturated heterocycles. The maximum Gasteiger partial charge on any atom is 0.248 e. The third-order valence-corrected chi connectivity index (χ3v) is 6.03. The van der Waals surface area contributed by atoms with Gasteiger partial charge >= 0.3 is 0 Å². The number of carbonyl (C=O) groups excluding carboxylic acids is 1. The summed E-state index contributed by atoms with van der Waals surface area (Å²) in [5.41, 5.74) is 4.62. The van der Waals surface area contributed by atoms with Gasteiger partial charge in [0, 0.05) is 34.8 Å². The number of nitrogens with zero attached hydrogens (tertiary/aromatic N) is 1. The van der Waals surface area contributed by atoms with Crippen molar-refractivity contribution in [2.45, 2.75) is 38.1 Å². The van der Waals surface area contributed by atoms with Gasteiger partial charge in [-0.25, -0.2) is 0 Å². The van der Waals surface area contributed by atoms with Gasteiger partial charge in [0.05, 0.1) is 0 Å². The van der Waals surface area contributed by atoms with Gasteiger partial charge in [0.1, 0.15) is 0 Å². The van der Waals surface area contributed by atoms with Gasteiger partial charge in [-0.05, 0) is 60.4 Å². The second-order valence-corrected chi connectivity index (χ2v) is 8.57. The van der Waals surface area contributed by atoms with Crippen LogP contribution in [0, 0.1) is 0 Å². The van der Waals surface area contributed by atoms with E-state index in [0.29, 0.717) is 11.1 Å². The molecule has 2 aromatic rings. The van der Waals surface area contributed by atoms with Crippen LogP contribution < -0.4 is 5.32 Å². The van der Waals surface area contributed by atoms with Crippen LogP contribution in [-0.2, 0) is 10.2 Å². The largest absolute Gasteiger partial charge is 0.323 e. The van der Waals surface area contributed by atoms with E-state index in [1.807, 2.05) is 30.3 Å². The molecule has 0 bridgehead atoms. The zero-order valence-electron chi connectivity index (χ0n) is 16.2. The highest BCUT2D eigenvalue weighted by Crippen LogP contribution is 2.45. The monoisotopic (exact) mass is 416 g/mol. The van der Waals surface area contributed by atoms with Crippen molar-refractivity contribution in [1.29, 1.82) is 0 Å². The zero-order valence-corrected chi connectivity index (χ0v) is 17.8. The quantitative estimate of drug-likeness (QED) is 0.637. The second-order valence-electron chi connectivity index (χ2n) is 8.16. The van der Waals surface area contributed by atoms with Crippen LogP contribution in [0.25, 0.3) is 6.08 Å². The number of hydrogen-bond donors (Lipinski definition) is 1. The molecule has 4 rings (SSSR count). The average Bonchev–Trinajstić information content (AvgIpc) is 3.08. The van der Waals surface area contributed by atoms with Gasteiger partial charge in [0.2, 0.25) is 5.91 Å². The lowest BCUT2D eigenvalue weighted by molar-refractivity contribution is -0.111. The minimum absolute atomic E-state index is 0. The first kappa shape index (κ1) is 20.9. The SMILES string of the molecule is CC1(C)CN2CCCC2c2cc(NC(=O)C=Cc3ccccc3Cl)ccc21.Cl. The summed E-state index contributed by atoms with van der Waals surface area (Å²) in [6, 6.07) is 14.4. The number of halogens is 2. The highest BCUT2D eigenvalue weighted by atomic mass is 35.5. The second kappa shape index (κ2) is 8.28. The fourth-order valence-corrected chi connectivity index (χ4v) is 4.65. The van der Waals surface area contributed by atoms with Crippen LogP contribution in [0.15, 0.2) is 48.5 Å². The van der Waals surface area contributed by atoms with E-state index in [4.69, 9.17) is 11.6 Å². The summed E-state index contributed by atoms with van der Waals surface area (Å²) in [6.45, 7) is 6.90. The molecule has 0 radical (unpaired) electrons. The minimum Gasteiger partial charge on any atom is -0.323 e. The summed E-state index contributed by atoms with van der Waals surface area (Å²) >= 11 is 6.14. The van der Waals surface area contributed by atoms with Crippen LogP contribution in [-0.4, -0.2) is 23.9 Å². The van der Waals surface area contributed by atoms with Gasteiger partial charge in [-0.1, -0.05) is 49.7 Å². The van der Waals surface area contributed by atoms with E-state index in [2.05, 4.69) is 36.2 Å². The van der Waals surface area contributed by atoms with Crippen LogP contribution in [0.2, 0.25) is 5.02 Å². The van der Waals surface area contributed by atoms with E-state index in [0.717, 1.165) is 17.8 Å². The molecule has 1 N–H and O–H groups in total. The maximum atomic E-state index is 12.4. The molecule has 0 aromatic heterocycles. The molecule has 0 spiro atoms. The summed E-state index contributed by atoms with van der Waals surface area (Å²) in [6.07, 6.45) is 5.73. The summed E-state index contributed by atoms with van der Waals surface area (Å²) in [4.78, 5) is 15.0. The van der Waals surface area contributed by atoms with Crippen molar-refractivity contribution >= 4 is 41.7 Å². The Hall–Kier alpha value is -1.81. The smallest absolute Gasteiger partial charge is 0.248 e. The highest BCUT2D eigenvalue weighted by Gasteiger charge is 2.39. The minimum atomic E-state index is -0.145. The summed E-state index contributed by atoms with van der Waals surface area (Å²) < 4.78 is 0. The number of carbonyl (C=O) groups is 1. The van der Waals surface area contributed by atoms with Gasteiger partial charge in [0.25, 0.3) is 0 Å². The lowest BCUT2D eigenvalue weighted by atomic mass is 9.76. The topological polar surface area (TPSA) is 32.3 Å². The Morgan fingerprint density at radius 1 is 1.25 bits per heavy atom. The van der Waals surface area contributed by atoms with Crippen LogP contribution in [0.5, 0.6) is 0 Å². The van der Waals surface area contributed by atoms with E-state index in [9.17, 15) is 4.79 Å². The van der Waals surface area contributed by atoms with E-state index in [1.54, 1.807) is 6.08 Å². The summed E-state index contributed by atoms with van der Waals surface area (Å²) in [5.74, 6) is -0.145. The van der Waals surface area contributed by atoms with Gasteiger partial charge in [-0.3, -0.25) is 9.69 Å². The van der Waals surface area contributed by atoms with Gasteiger partial charge in [0.15, 0.2) is 0 Å². The molecule has 2 aliphatic heterocycles. The van der Waals surface area contributed by atoms with Crippen LogP contribution in [0.3, 0.4) is 0 Å². The Bertz CT molecular complexity index is 907. The summed E-state index contributed by atoms with van der Waals surface area (Å²) in [7, 11) is 0. The number of rotatable bonds is 3. The molecule has 1 amide bonds. The van der Waals surface area contributed by atoms with Crippen molar-refractivity contribution < 1.29 is 4.79 Å². The standard InChI is InChI=1S/C23H25ClN2O.ClH/c1-23(2)15-26-13-5-8-21(26)18-14-17(10-11-19(18)23)25-22(27)12-9-16-6-3-4-7-20(16)24;/h3-4,6-7,9-12,14,21H,5,8,13,15H2,1-2H3,(H,25,27);1H. The van der Waals surface area contributed by atoms with E-state index < -0.39 is 0 Å².